The van der Waals surface area contributed by atoms with E-state index in [9.17, 15) is 4.39 Å². The van der Waals surface area contributed by atoms with E-state index in [1.165, 1.54) is 6.07 Å². The van der Waals surface area contributed by atoms with Crippen molar-refractivity contribution in [2.24, 2.45) is 0 Å². The van der Waals surface area contributed by atoms with Gasteiger partial charge in [-0.25, -0.2) is 19.3 Å². The van der Waals surface area contributed by atoms with E-state index in [-0.39, 0.29) is 11.0 Å². The van der Waals surface area contributed by atoms with Crippen LogP contribution < -0.4 is 0 Å². The van der Waals surface area contributed by atoms with Gasteiger partial charge >= 0.3 is 0 Å². The third kappa shape index (κ3) is 2.47. The van der Waals surface area contributed by atoms with E-state index >= 15 is 0 Å². The minimum absolute atomic E-state index is 0.273. The second-order valence-electron chi connectivity index (χ2n) is 5.04. The summed E-state index contributed by atoms with van der Waals surface area (Å²) in [5.74, 6) is -0.307. The molecule has 3 nitrogen and oxygen atoms in total. The minimum Gasteiger partial charge on any atom is -0.247 e. The maximum absolute atomic E-state index is 14.3. The monoisotopic (exact) mass is 301 g/mol. The summed E-state index contributed by atoms with van der Waals surface area (Å²) >= 11 is 6.05. The molecule has 0 aliphatic rings. The first-order valence-corrected chi connectivity index (χ1v) is 6.91. The number of aromatic nitrogens is 3. The number of hydrogen-bond acceptors (Lipinski definition) is 3. The summed E-state index contributed by atoms with van der Waals surface area (Å²) in [6.07, 6.45) is 0. The average Bonchev–Trinajstić information content (AvgIpc) is 2.40. The van der Waals surface area contributed by atoms with Crippen molar-refractivity contribution in [1.29, 1.82) is 0 Å². The summed E-state index contributed by atoms with van der Waals surface area (Å²) in [5, 5.41) is 0.273. The highest BCUT2D eigenvalue weighted by Crippen LogP contribution is 2.31. The summed E-state index contributed by atoms with van der Waals surface area (Å²) in [6.45, 7) is 5.57. The smallest absolute Gasteiger partial charge is 0.180 e. The molecular weight excluding hydrogens is 289 g/mol. The normalized spacial score (nSPS) is 11.1. The van der Waals surface area contributed by atoms with Gasteiger partial charge in [-0.05, 0) is 38.5 Å². The van der Waals surface area contributed by atoms with Crippen molar-refractivity contribution in [3.8, 4) is 11.1 Å². The van der Waals surface area contributed by atoms with Gasteiger partial charge in [0.25, 0.3) is 0 Å². The fraction of sp³-hybridized carbons (Fsp3) is 0.188. The molecule has 0 N–H and O–H groups in total. The fourth-order valence-corrected chi connectivity index (χ4v) is 2.40. The lowest BCUT2D eigenvalue weighted by Gasteiger charge is -2.09. The first kappa shape index (κ1) is 13.9. The van der Waals surface area contributed by atoms with Gasteiger partial charge in [0.1, 0.15) is 16.5 Å². The van der Waals surface area contributed by atoms with E-state index in [0.717, 1.165) is 17.0 Å². The summed E-state index contributed by atoms with van der Waals surface area (Å²) in [7, 11) is 0. The molecular formula is C16H13ClFN3. The molecule has 0 fully saturated rings. The topological polar surface area (TPSA) is 38.7 Å². The van der Waals surface area contributed by atoms with E-state index in [4.69, 9.17) is 11.6 Å². The maximum Gasteiger partial charge on any atom is 0.180 e. The van der Waals surface area contributed by atoms with Crippen LogP contribution in [0.3, 0.4) is 0 Å². The highest BCUT2D eigenvalue weighted by Gasteiger charge is 2.14. The van der Waals surface area contributed by atoms with Gasteiger partial charge < -0.3 is 0 Å². The molecule has 3 rings (SSSR count). The Balaban J connectivity index is 2.38. The summed E-state index contributed by atoms with van der Waals surface area (Å²) < 4.78 is 14.3. The van der Waals surface area contributed by atoms with Gasteiger partial charge in [-0.1, -0.05) is 23.7 Å². The highest BCUT2D eigenvalue weighted by atomic mass is 35.5. The molecule has 5 heteroatoms. The molecule has 0 saturated carbocycles. The molecule has 0 aliphatic heterocycles. The minimum atomic E-state index is -0.307. The van der Waals surface area contributed by atoms with Crippen LogP contribution in [-0.4, -0.2) is 15.0 Å². The second kappa shape index (κ2) is 5.04. The predicted octanol–water partition coefficient (Wildman–Crippen LogP) is 4.41. The van der Waals surface area contributed by atoms with E-state index in [2.05, 4.69) is 15.0 Å². The molecule has 0 aliphatic carbocycles. The van der Waals surface area contributed by atoms with Gasteiger partial charge in [0.05, 0.1) is 11.4 Å². The zero-order chi connectivity index (χ0) is 15.1. The Labute approximate surface area is 126 Å². The summed E-state index contributed by atoms with van der Waals surface area (Å²) in [6, 6.07) is 6.70. The fourth-order valence-electron chi connectivity index (χ4n) is 2.21. The Morgan fingerprint density at radius 1 is 0.905 bits per heavy atom. The van der Waals surface area contributed by atoms with Gasteiger partial charge in [0.15, 0.2) is 5.65 Å². The SMILES string of the molecule is Cc1ccc(-c2cc(Cl)nc3nc(C)c(C)nc23)c(F)c1. The number of benzene rings is 1. The van der Waals surface area contributed by atoms with E-state index in [1.807, 2.05) is 26.8 Å². The summed E-state index contributed by atoms with van der Waals surface area (Å²) in [5.41, 5.74) is 4.49. The number of pyridine rings is 1. The molecule has 106 valence electrons. The molecule has 21 heavy (non-hydrogen) atoms. The van der Waals surface area contributed by atoms with Gasteiger partial charge in [-0.15, -0.1) is 0 Å². The zero-order valence-corrected chi connectivity index (χ0v) is 12.7. The highest BCUT2D eigenvalue weighted by molar-refractivity contribution is 6.30. The van der Waals surface area contributed by atoms with Crippen LogP contribution >= 0.6 is 11.6 Å². The molecule has 0 unspecified atom stereocenters. The molecule has 3 aromatic rings. The molecule has 0 saturated heterocycles. The van der Waals surface area contributed by atoms with Gasteiger partial charge in [0, 0.05) is 11.1 Å². The number of aryl methyl sites for hydroxylation is 3. The number of hydrogen-bond donors (Lipinski definition) is 0. The largest absolute Gasteiger partial charge is 0.247 e. The van der Waals surface area contributed by atoms with Crippen molar-refractivity contribution < 1.29 is 4.39 Å². The Hall–Kier alpha value is -2.07. The van der Waals surface area contributed by atoms with Crippen LogP contribution in [-0.2, 0) is 0 Å². The average molecular weight is 302 g/mol. The van der Waals surface area contributed by atoms with Crippen LogP contribution in [0.2, 0.25) is 5.15 Å². The number of rotatable bonds is 1. The van der Waals surface area contributed by atoms with Crippen LogP contribution in [0.1, 0.15) is 17.0 Å². The van der Waals surface area contributed by atoms with Crippen molar-refractivity contribution in [3.63, 3.8) is 0 Å². The lowest BCUT2D eigenvalue weighted by atomic mass is 10.0. The van der Waals surface area contributed by atoms with Gasteiger partial charge in [-0.3, -0.25) is 0 Å². The van der Waals surface area contributed by atoms with Crippen LogP contribution in [0, 0.1) is 26.6 Å². The third-order valence-electron chi connectivity index (χ3n) is 3.43. The van der Waals surface area contributed by atoms with Crippen LogP contribution in [0.5, 0.6) is 0 Å². The van der Waals surface area contributed by atoms with E-state index < -0.39 is 0 Å². The van der Waals surface area contributed by atoms with Crippen LogP contribution in [0.25, 0.3) is 22.3 Å². The van der Waals surface area contributed by atoms with Crippen LogP contribution in [0.4, 0.5) is 4.39 Å². The van der Waals surface area contributed by atoms with Crippen molar-refractivity contribution in [3.05, 3.63) is 52.2 Å². The predicted molar refractivity (Wildman–Crippen MR) is 81.9 cm³/mol. The van der Waals surface area contributed by atoms with Crippen LogP contribution in [0.15, 0.2) is 24.3 Å². The first-order chi connectivity index (χ1) is 9.95. The summed E-state index contributed by atoms with van der Waals surface area (Å²) in [4.78, 5) is 13.1. The van der Waals surface area contributed by atoms with Crippen molar-refractivity contribution in [1.82, 2.24) is 15.0 Å². The molecule has 0 bridgehead atoms. The molecule has 0 atom stereocenters. The third-order valence-corrected chi connectivity index (χ3v) is 3.63. The number of halogens is 2. The quantitative estimate of drug-likeness (QED) is 0.625. The van der Waals surface area contributed by atoms with Crippen molar-refractivity contribution in [2.45, 2.75) is 20.8 Å². The van der Waals surface area contributed by atoms with E-state index in [0.29, 0.717) is 22.3 Å². The molecule has 1 aromatic carbocycles. The Kier molecular flexibility index (Phi) is 3.33. The molecule has 0 amide bonds. The Bertz CT molecular complexity index is 862. The second-order valence-corrected chi connectivity index (χ2v) is 5.43. The number of nitrogens with zero attached hydrogens (tertiary/aromatic N) is 3. The van der Waals surface area contributed by atoms with Crippen molar-refractivity contribution >= 4 is 22.8 Å². The number of fused-ring (bicyclic) bond motifs is 1. The lowest BCUT2D eigenvalue weighted by molar-refractivity contribution is 0.630. The maximum atomic E-state index is 14.3. The Morgan fingerprint density at radius 2 is 1.62 bits per heavy atom. The molecule has 2 heterocycles. The van der Waals surface area contributed by atoms with Gasteiger partial charge in [-0.2, -0.15) is 0 Å². The van der Waals surface area contributed by atoms with Crippen molar-refractivity contribution in [2.75, 3.05) is 0 Å². The molecule has 0 radical (unpaired) electrons. The standard InChI is InChI=1S/C16H13ClFN3/c1-8-4-5-11(13(18)6-8)12-7-14(17)21-16-15(12)19-9(2)10(3)20-16/h4-7H,1-3H3. The first-order valence-electron chi connectivity index (χ1n) is 6.53. The van der Waals surface area contributed by atoms with Gasteiger partial charge in [0.2, 0.25) is 0 Å². The molecule has 2 aromatic heterocycles. The zero-order valence-electron chi connectivity index (χ0n) is 11.9. The molecule has 0 spiro atoms. The van der Waals surface area contributed by atoms with E-state index in [1.54, 1.807) is 12.1 Å². The Morgan fingerprint density at radius 3 is 2.33 bits per heavy atom. The lowest BCUT2D eigenvalue weighted by Crippen LogP contribution is -1.98.